The fourth-order valence-electron chi connectivity index (χ4n) is 2.22. The van der Waals surface area contributed by atoms with Gasteiger partial charge in [-0.3, -0.25) is 4.79 Å². The van der Waals surface area contributed by atoms with Gasteiger partial charge in [-0.15, -0.1) is 0 Å². The van der Waals surface area contributed by atoms with E-state index in [0.717, 1.165) is 25.7 Å². The van der Waals surface area contributed by atoms with E-state index in [4.69, 9.17) is 4.42 Å². The van der Waals surface area contributed by atoms with E-state index in [9.17, 15) is 4.79 Å². The van der Waals surface area contributed by atoms with E-state index in [1.54, 1.807) is 12.1 Å². The number of hydrogen-bond donors (Lipinski definition) is 0. The van der Waals surface area contributed by atoms with Crippen molar-refractivity contribution in [2.75, 3.05) is 0 Å². The summed E-state index contributed by atoms with van der Waals surface area (Å²) in [5, 5.41) is 0. The topological polar surface area (TPSA) is 33.5 Å². The Hall–Kier alpha value is -0.770. The number of furan rings is 1. The lowest BCUT2D eigenvalue weighted by atomic mass is 10.1. The number of amides is 1. The van der Waals surface area contributed by atoms with Gasteiger partial charge in [-0.25, -0.2) is 0 Å². The first-order valence-electron chi connectivity index (χ1n) is 6.25. The van der Waals surface area contributed by atoms with Crippen molar-refractivity contribution in [1.29, 1.82) is 0 Å². The van der Waals surface area contributed by atoms with Gasteiger partial charge in [0.2, 0.25) is 0 Å². The van der Waals surface area contributed by atoms with Crippen LogP contribution in [0, 0.1) is 0 Å². The lowest BCUT2D eigenvalue weighted by molar-refractivity contribution is 0.0615. The van der Waals surface area contributed by atoms with Crippen LogP contribution in [0.1, 0.15) is 50.1 Å². The Morgan fingerprint density at radius 1 is 1.47 bits per heavy atom. The van der Waals surface area contributed by atoms with Crippen molar-refractivity contribution in [1.82, 2.24) is 4.90 Å². The van der Waals surface area contributed by atoms with E-state index >= 15 is 0 Å². The summed E-state index contributed by atoms with van der Waals surface area (Å²) in [4.78, 5) is 14.4. The first-order chi connectivity index (χ1) is 8.17. The molecule has 0 radical (unpaired) electrons. The van der Waals surface area contributed by atoms with Gasteiger partial charge in [0.15, 0.2) is 10.4 Å². The van der Waals surface area contributed by atoms with Crippen LogP contribution in [0.2, 0.25) is 0 Å². The van der Waals surface area contributed by atoms with E-state index in [1.807, 2.05) is 4.90 Å². The van der Waals surface area contributed by atoms with Crippen molar-refractivity contribution in [2.24, 2.45) is 0 Å². The van der Waals surface area contributed by atoms with Crippen molar-refractivity contribution in [3.8, 4) is 0 Å². The molecule has 0 spiro atoms. The van der Waals surface area contributed by atoms with Crippen LogP contribution in [0.4, 0.5) is 0 Å². The SMILES string of the molecule is CCC(CC)N(C(=O)c1ccc(Br)o1)C1CC1. The second kappa shape index (κ2) is 5.25. The minimum atomic E-state index is 0.0342. The third-order valence-corrected chi connectivity index (χ3v) is 3.72. The summed E-state index contributed by atoms with van der Waals surface area (Å²) in [6, 6.07) is 4.27. The van der Waals surface area contributed by atoms with Crippen LogP contribution >= 0.6 is 15.9 Å². The van der Waals surface area contributed by atoms with Crippen molar-refractivity contribution in [3.05, 3.63) is 22.6 Å². The monoisotopic (exact) mass is 299 g/mol. The summed E-state index contributed by atoms with van der Waals surface area (Å²) in [5.41, 5.74) is 0. The predicted molar refractivity (Wildman–Crippen MR) is 70.0 cm³/mol. The Labute approximate surface area is 110 Å². The normalized spacial score (nSPS) is 15.3. The maximum Gasteiger partial charge on any atom is 0.290 e. The van der Waals surface area contributed by atoms with Crippen molar-refractivity contribution in [3.63, 3.8) is 0 Å². The van der Waals surface area contributed by atoms with Crippen LogP contribution in [0.15, 0.2) is 21.2 Å². The molecule has 3 nitrogen and oxygen atoms in total. The van der Waals surface area contributed by atoms with Crippen LogP contribution < -0.4 is 0 Å². The van der Waals surface area contributed by atoms with Gasteiger partial charge >= 0.3 is 0 Å². The molecule has 1 heterocycles. The van der Waals surface area contributed by atoms with Crippen molar-refractivity contribution in [2.45, 2.75) is 51.6 Å². The van der Waals surface area contributed by atoms with Gasteiger partial charge in [0.1, 0.15) is 0 Å². The predicted octanol–water partition coefficient (Wildman–Crippen LogP) is 3.84. The average molecular weight is 300 g/mol. The van der Waals surface area contributed by atoms with Gasteiger partial charge in [0.25, 0.3) is 5.91 Å². The molecule has 17 heavy (non-hydrogen) atoms. The Morgan fingerprint density at radius 2 is 2.12 bits per heavy atom. The Morgan fingerprint density at radius 3 is 2.53 bits per heavy atom. The second-order valence-electron chi connectivity index (χ2n) is 4.52. The highest BCUT2D eigenvalue weighted by Gasteiger charge is 2.37. The molecule has 0 atom stereocenters. The zero-order valence-electron chi connectivity index (χ0n) is 10.3. The molecule has 1 aliphatic carbocycles. The van der Waals surface area contributed by atoms with Crippen LogP contribution in [-0.4, -0.2) is 22.9 Å². The minimum absolute atomic E-state index is 0.0342. The fourth-order valence-corrected chi connectivity index (χ4v) is 2.53. The molecule has 94 valence electrons. The second-order valence-corrected chi connectivity index (χ2v) is 5.30. The first kappa shape index (κ1) is 12.7. The molecule has 0 aromatic carbocycles. The number of rotatable bonds is 5. The summed E-state index contributed by atoms with van der Waals surface area (Å²) in [7, 11) is 0. The smallest absolute Gasteiger partial charge is 0.290 e. The van der Waals surface area contributed by atoms with Gasteiger partial charge in [0.05, 0.1) is 0 Å². The Balaban J connectivity index is 2.18. The van der Waals surface area contributed by atoms with E-state index in [1.165, 1.54) is 0 Å². The average Bonchev–Trinajstić information content (AvgIpc) is 3.06. The van der Waals surface area contributed by atoms with E-state index < -0.39 is 0 Å². The fraction of sp³-hybridized carbons (Fsp3) is 0.615. The summed E-state index contributed by atoms with van der Waals surface area (Å²) in [5.74, 6) is 0.475. The molecule has 1 saturated carbocycles. The van der Waals surface area contributed by atoms with Crippen molar-refractivity contribution >= 4 is 21.8 Å². The summed E-state index contributed by atoms with van der Waals surface area (Å²) >= 11 is 3.24. The third-order valence-electron chi connectivity index (χ3n) is 3.29. The van der Waals surface area contributed by atoms with Crippen LogP contribution in [0.5, 0.6) is 0 Å². The summed E-state index contributed by atoms with van der Waals surface area (Å²) in [6.07, 6.45) is 4.26. The molecule has 1 aliphatic rings. The number of hydrogen-bond acceptors (Lipinski definition) is 2. The highest BCUT2D eigenvalue weighted by molar-refractivity contribution is 9.10. The molecule has 0 bridgehead atoms. The molecule has 4 heteroatoms. The highest BCUT2D eigenvalue weighted by atomic mass is 79.9. The lowest BCUT2D eigenvalue weighted by Gasteiger charge is -2.29. The molecule has 0 unspecified atom stereocenters. The van der Waals surface area contributed by atoms with Gasteiger partial charge in [-0.2, -0.15) is 0 Å². The number of carbonyl (C=O) groups is 1. The number of carbonyl (C=O) groups excluding carboxylic acids is 1. The van der Waals surface area contributed by atoms with Gasteiger partial charge in [-0.05, 0) is 53.7 Å². The quantitative estimate of drug-likeness (QED) is 0.828. The van der Waals surface area contributed by atoms with Crippen LogP contribution in [-0.2, 0) is 0 Å². The summed E-state index contributed by atoms with van der Waals surface area (Å²) in [6.45, 7) is 4.27. The van der Waals surface area contributed by atoms with Gasteiger partial charge in [-0.1, -0.05) is 13.8 Å². The van der Waals surface area contributed by atoms with Crippen LogP contribution in [0.3, 0.4) is 0 Å². The third kappa shape index (κ3) is 2.73. The Kier molecular flexibility index (Phi) is 3.92. The zero-order valence-corrected chi connectivity index (χ0v) is 11.9. The van der Waals surface area contributed by atoms with Gasteiger partial charge < -0.3 is 9.32 Å². The van der Waals surface area contributed by atoms with Gasteiger partial charge in [0, 0.05) is 12.1 Å². The van der Waals surface area contributed by atoms with E-state index in [-0.39, 0.29) is 5.91 Å². The molecule has 0 aliphatic heterocycles. The molecule has 2 rings (SSSR count). The molecule has 1 amide bonds. The molecule has 1 aromatic heterocycles. The molecular weight excluding hydrogens is 282 g/mol. The zero-order chi connectivity index (χ0) is 12.4. The molecule has 1 fully saturated rings. The molecule has 1 aromatic rings. The van der Waals surface area contributed by atoms with Crippen LogP contribution in [0.25, 0.3) is 0 Å². The molecular formula is C13H18BrNO2. The number of halogens is 1. The first-order valence-corrected chi connectivity index (χ1v) is 7.04. The van der Waals surface area contributed by atoms with E-state index in [2.05, 4.69) is 29.8 Å². The minimum Gasteiger partial charge on any atom is -0.444 e. The maximum absolute atomic E-state index is 12.4. The molecule has 0 N–H and O–H groups in total. The molecule has 0 saturated heterocycles. The lowest BCUT2D eigenvalue weighted by Crippen LogP contribution is -2.41. The highest BCUT2D eigenvalue weighted by Crippen LogP contribution is 2.32. The Bertz CT molecular complexity index is 394. The largest absolute Gasteiger partial charge is 0.444 e. The standard InChI is InChI=1S/C13H18BrNO2/c1-3-9(4-2)15(10-5-6-10)13(16)11-7-8-12(14)17-11/h7-10H,3-6H2,1-2H3. The van der Waals surface area contributed by atoms with E-state index in [0.29, 0.717) is 22.5 Å². The maximum atomic E-state index is 12.4. The van der Waals surface area contributed by atoms with Crippen molar-refractivity contribution < 1.29 is 9.21 Å². The number of nitrogens with zero attached hydrogens (tertiary/aromatic N) is 1. The summed E-state index contributed by atoms with van der Waals surface area (Å²) < 4.78 is 5.98.